The lowest BCUT2D eigenvalue weighted by molar-refractivity contribution is 0.0630. The summed E-state index contributed by atoms with van der Waals surface area (Å²) in [5.41, 5.74) is 0.654. The van der Waals surface area contributed by atoms with Crippen LogP contribution in [0.15, 0.2) is 30.3 Å². The van der Waals surface area contributed by atoms with Crippen molar-refractivity contribution in [2.75, 3.05) is 33.3 Å². The molecule has 3 aromatic rings. The Hall–Kier alpha value is -1.51. The quantitative estimate of drug-likeness (QED) is 0.570. The van der Waals surface area contributed by atoms with Crippen molar-refractivity contribution >= 4 is 50.3 Å². The average molecular weight is 439 g/mol. The van der Waals surface area contributed by atoms with E-state index in [0.29, 0.717) is 28.9 Å². The maximum absolute atomic E-state index is 14.4. The van der Waals surface area contributed by atoms with E-state index in [4.69, 9.17) is 16.3 Å². The van der Waals surface area contributed by atoms with E-state index in [0.717, 1.165) is 28.7 Å². The number of nitrogens with zero attached hydrogens (tertiary/aromatic N) is 2. The second kappa shape index (κ2) is 8.47. The predicted octanol–water partition coefficient (Wildman–Crippen LogP) is 4.86. The highest BCUT2D eigenvalue weighted by Crippen LogP contribution is 2.35. The minimum absolute atomic E-state index is 0.0357. The van der Waals surface area contributed by atoms with Gasteiger partial charge in [-0.15, -0.1) is 22.7 Å². The molecule has 0 aliphatic carbocycles. The summed E-state index contributed by atoms with van der Waals surface area (Å²) in [4.78, 5) is 19.2. The van der Waals surface area contributed by atoms with Gasteiger partial charge in [0, 0.05) is 60.4 Å². The maximum Gasteiger partial charge on any atom is 0.264 e. The van der Waals surface area contributed by atoms with Crippen molar-refractivity contribution in [2.45, 2.75) is 13.2 Å². The van der Waals surface area contributed by atoms with Crippen LogP contribution in [0.25, 0.3) is 10.1 Å². The van der Waals surface area contributed by atoms with Gasteiger partial charge in [-0.1, -0.05) is 17.7 Å². The summed E-state index contributed by atoms with van der Waals surface area (Å²) in [6.07, 6.45) is 0. The molecular weight excluding hydrogens is 419 g/mol. The monoisotopic (exact) mass is 438 g/mol. The molecule has 1 aromatic carbocycles. The van der Waals surface area contributed by atoms with Gasteiger partial charge in [0.1, 0.15) is 5.82 Å². The molecule has 3 heterocycles. The first-order chi connectivity index (χ1) is 13.6. The number of carbonyl (C=O) groups excluding carboxylic acids is 1. The number of methoxy groups -OCH3 is 1. The summed E-state index contributed by atoms with van der Waals surface area (Å²) in [6, 6.07) is 8.92. The Bertz CT molecular complexity index is 995. The number of benzene rings is 1. The van der Waals surface area contributed by atoms with E-state index in [-0.39, 0.29) is 18.3 Å². The Labute approximate surface area is 176 Å². The third kappa shape index (κ3) is 3.95. The molecule has 4 nitrogen and oxygen atoms in total. The molecule has 0 spiro atoms. The van der Waals surface area contributed by atoms with Crippen LogP contribution in [0, 0.1) is 5.82 Å². The van der Waals surface area contributed by atoms with E-state index >= 15 is 0 Å². The summed E-state index contributed by atoms with van der Waals surface area (Å²) in [7, 11) is 1.56. The van der Waals surface area contributed by atoms with Crippen LogP contribution < -0.4 is 0 Å². The first-order valence-corrected chi connectivity index (χ1v) is 11.0. The Morgan fingerprint density at radius 3 is 2.64 bits per heavy atom. The minimum Gasteiger partial charge on any atom is -0.380 e. The molecule has 1 amide bonds. The summed E-state index contributed by atoms with van der Waals surface area (Å²) < 4.78 is 21.2. The van der Waals surface area contributed by atoms with Crippen LogP contribution in [-0.2, 0) is 17.9 Å². The van der Waals surface area contributed by atoms with E-state index in [1.165, 1.54) is 22.3 Å². The molecule has 1 aliphatic rings. The summed E-state index contributed by atoms with van der Waals surface area (Å²) in [6.45, 7) is 3.99. The molecule has 1 saturated heterocycles. The van der Waals surface area contributed by atoms with Gasteiger partial charge >= 0.3 is 0 Å². The van der Waals surface area contributed by atoms with E-state index in [2.05, 4.69) is 4.90 Å². The highest BCUT2D eigenvalue weighted by Gasteiger charge is 2.27. The predicted molar refractivity (Wildman–Crippen MR) is 113 cm³/mol. The van der Waals surface area contributed by atoms with Crippen molar-refractivity contribution in [1.29, 1.82) is 0 Å². The van der Waals surface area contributed by atoms with Crippen molar-refractivity contribution in [2.24, 2.45) is 0 Å². The molecule has 2 aromatic heterocycles. The molecule has 1 fully saturated rings. The Morgan fingerprint density at radius 1 is 1.18 bits per heavy atom. The van der Waals surface area contributed by atoms with Crippen LogP contribution in [0.3, 0.4) is 0 Å². The van der Waals surface area contributed by atoms with Gasteiger partial charge in [-0.3, -0.25) is 9.69 Å². The fraction of sp³-hybridized carbons (Fsp3) is 0.350. The lowest BCUT2D eigenvalue weighted by Gasteiger charge is -2.34. The summed E-state index contributed by atoms with van der Waals surface area (Å²) in [5.74, 6) is -0.342. The summed E-state index contributed by atoms with van der Waals surface area (Å²) in [5, 5.41) is 0.505. The molecule has 4 rings (SSSR count). The maximum atomic E-state index is 14.4. The van der Waals surface area contributed by atoms with Crippen molar-refractivity contribution in [3.63, 3.8) is 0 Å². The van der Waals surface area contributed by atoms with Crippen molar-refractivity contribution < 1.29 is 13.9 Å². The van der Waals surface area contributed by atoms with Crippen LogP contribution in [0.4, 0.5) is 4.39 Å². The lowest BCUT2D eigenvalue weighted by atomic mass is 10.1. The third-order valence-electron chi connectivity index (χ3n) is 4.91. The zero-order chi connectivity index (χ0) is 19.7. The number of ether oxygens (including phenoxy) is 1. The van der Waals surface area contributed by atoms with Gasteiger partial charge < -0.3 is 9.64 Å². The fourth-order valence-corrected chi connectivity index (χ4v) is 5.85. The van der Waals surface area contributed by atoms with Crippen molar-refractivity contribution in [3.05, 3.63) is 55.8 Å². The number of halogens is 2. The Morgan fingerprint density at radius 2 is 1.96 bits per heavy atom. The largest absolute Gasteiger partial charge is 0.380 e. The number of rotatable bonds is 5. The van der Waals surface area contributed by atoms with Gasteiger partial charge in [0.25, 0.3) is 5.91 Å². The molecule has 28 heavy (non-hydrogen) atoms. The van der Waals surface area contributed by atoms with Crippen LogP contribution in [0.1, 0.15) is 20.1 Å². The molecule has 0 N–H and O–H groups in total. The zero-order valence-electron chi connectivity index (χ0n) is 15.4. The van der Waals surface area contributed by atoms with E-state index in [1.54, 1.807) is 24.5 Å². The van der Waals surface area contributed by atoms with Crippen LogP contribution >= 0.6 is 34.3 Å². The van der Waals surface area contributed by atoms with Crippen molar-refractivity contribution in [1.82, 2.24) is 9.80 Å². The second-order valence-electron chi connectivity index (χ2n) is 6.73. The topological polar surface area (TPSA) is 32.8 Å². The van der Waals surface area contributed by atoms with Crippen LogP contribution in [0.5, 0.6) is 0 Å². The van der Waals surface area contributed by atoms with E-state index in [9.17, 15) is 9.18 Å². The number of carbonyl (C=O) groups is 1. The molecule has 1 aliphatic heterocycles. The minimum atomic E-state index is -0.306. The standard InChI is InChI=1S/C20H20ClFN2O2S2/c1-26-12-14-18-15(22)3-2-4-16(18)28-19(14)20(25)24-9-7-23(8-10-24)11-13-5-6-17(21)27-13/h2-6H,7-12H2,1H3. The number of amides is 1. The second-order valence-corrected chi connectivity index (χ2v) is 9.58. The summed E-state index contributed by atoms with van der Waals surface area (Å²) >= 11 is 8.95. The number of piperazine rings is 1. The molecular formula is C20H20ClFN2O2S2. The third-order valence-corrected chi connectivity index (χ3v) is 7.32. The van der Waals surface area contributed by atoms with E-state index < -0.39 is 0 Å². The lowest BCUT2D eigenvalue weighted by Crippen LogP contribution is -2.48. The molecule has 0 radical (unpaired) electrons. The number of fused-ring (bicyclic) bond motifs is 1. The highest BCUT2D eigenvalue weighted by atomic mass is 35.5. The van der Waals surface area contributed by atoms with Crippen LogP contribution in [0.2, 0.25) is 4.34 Å². The van der Waals surface area contributed by atoms with Gasteiger partial charge in [0.05, 0.1) is 15.8 Å². The Kier molecular flexibility index (Phi) is 5.99. The number of hydrogen-bond donors (Lipinski definition) is 0. The van der Waals surface area contributed by atoms with Gasteiger partial charge in [-0.2, -0.15) is 0 Å². The van der Waals surface area contributed by atoms with Gasteiger partial charge in [0.2, 0.25) is 0 Å². The van der Waals surface area contributed by atoms with Gasteiger partial charge in [-0.25, -0.2) is 4.39 Å². The fourth-order valence-electron chi connectivity index (χ4n) is 3.53. The highest BCUT2D eigenvalue weighted by molar-refractivity contribution is 7.21. The van der Waals surface area contributed by atoms with E-state index in [1.807, 2.05) is 23.1 Å². The van der Waals surface area contributed by atoms with Gasteiger partial charge in [0.15, 0.2) is 0 Å². The average Bonchev–Trinajstić information content (AvgIpc) is 3.26. The SMILES string of the molecule is COCc1c(C(=O)N2CCN(Cc3ccc(Cl)s3)CC2)sc2cccc(F)c12. The molecule has 0 unspecified atom stereocenters. The van der Waals surface area contributed by atoms with Crippen molar-refractivity contribution in [3.8, 4) is 0 Å². The normalized spacial score (nSPS) is 15.5. The molecule has 0 saturated carbocycles. The first-order valence-electron chi connectivity index (χ1n) is 9.01. The number of hydrogen-bond acceptors (Lipinski definition) is 5. The van der Waals surface area contributed by atoms with Gasteiger partial charge in [-0.05, 0) is 24.3 Å². The smallest absolute Gasteiger partial charge is 0.264 e. The number of thiophene rings is 2. The zero-order valence-corrected chi connectivity index (χ0v) is 17.8. The first kappa shape index (κ1) is 19.8. The Balaban J connectivity index is 1.49. The molecule has 0 atom stereocenters. The molecule has 148 valence electrons. The van der Waals surface area contributed by atoms with Crippen LogP contribution in [-0.4, -0.2) is 49.0 Å². The molecule has 0 bridgehead atoms. The molecule has 8 heteroatoms.